The second-order valence-electron chi connectivity index (χ2n) is 8.20. The summed E-state index contributed by atoms with van der Waals surface area (Å²) in [6, 6.07) is 12.2. The molecule has 2 heterocycles. The Morgan fingerprint density at radius 2 is 1.97 bits per heavy atom. The third-order valence-electron chi connectivity index (χ3n) is 5.65. The SMILES string of the molecule is C[C@@H]1CCCN(C(=O)/C=C2/Sc3ccccc3N(Cc3cccc(C(F)(F)F)c3)C2=O)C1. The van der Waals surface area contributed by atoms with E-state index in [2.05, 4.69) is 6.92 Å². The number of hydrogen-bond acceptors (Lipinski definition) is 3. The van der Waals surface area contributed by atoms with E-state index >= 15 is 0 Å². The second-order valence-corrected chi connectivity index (χ2v) is 9.28. The summed E-state index contributed by atoms with van der Waals surface area (Å²) in [5.41, 5.74) is 0.230. The van der Waals surface area contributed by atoms with Crippen molar-refractivity contribution in [1.29, 1.82) is 0 Å². The van der Waals surface area contributed by atoms with Gasteiger partial charge in [-0.1, -0.05) is 43.0 Å². The quantitative estimate of drug-likeness (QED) is 0.569. The third-order valence-corrected chi connectivity index (χ3v) is 6.73. The summed E-state index contributed by atoms with van der Waals surface area (Å²) in [5, 5.41) is 0. The van der Waals surface area contributed by atoms with Gasteiger partial charge in [-0.2, -0.15) is 13.2 Å². The normalized spacial score (nSPS) is 20.4. The maximum absolute atomic E-state index is 13.3. The van der Waals surface area contributed by atoms with Crippen LogP contribution in [0, 0.1) is 5.92 Å². The molecule has 2 aromatic carbocycles. The largest absolute Gasteiger partial charge is 0.416 e. The molecule has 168 valence electrons. The molecule has 0 unspecified atom stereocenters. The van der Waals surface area contributed by atoms with Gasteiger partial charge in [0.25, 0.3) is 5.91 Å². The number of carbonyl (C=O) groups excluding carboxylic acids is 2. The van der Waals surface area contributed by atoms with Gasteiger partial charge < -0.3 is 9.80 Å². The number of hydrogen-bond donors (Lipinski definition) is 0. The summed E-state index contributed by atoms with van der Waals surface area (Å²) >= 11 is 1.22. The molecule has 4 nitrogen and oxygen atoms in total. The van der Waals surface area contributed by atoms with Gasteiger partial charge in [0, 0.05) is 24.1 Å². The number of amides is 2. The minimum Gasteiger partial charge on any atom is -0.339 e. The molecule has 0 spiro atoms. The first-order valence-electron chi connectivity index (χ1n) is 10.5. The molecular formula is C24H23F3N2O2S. The summed E-state index contributed by atoms with van der Waals surface area (Å²) in [6.07, 6.45) is -1.08. The van der Waals surface area contributed by atoms with Gasteiger partial charge in [0.2, 0.25) is 5.91 Å². The number of halogens is 3. The van der Waals surface area contributed by atoms with E-state index in [9.17, 15) is 22.8 Å². The average molecular weight is 461 g/mol. The van der Waals surface area contributed by atoms with Crippen molar-refractivity contribution in [2.45, 2.75) is 37.4 Å². The van der Waals surface area contributed by atoms with Crippen LogP contribution in [-0.4, -0.2) is 29.8 Å². The Balaban J connectivity index is 1.63. The number of rotatable bonds is 3. The maximum Gasteiger partial charge on any atom is 0.416 e. The molecule has 1 saturated heterocycles. The van der Waals surface area contributed by atoms with E-state index < -0.39 is 11.7 Å². The lowest BCUT2D eigenvalue weighted by Crippen LogP contribution is -2.39. The summed E-state index contributed by atoms with van der Waals surface area (Å²) in [6.45, 7) is 3.40. The van der Waals surface area contributed by atoms with E-state index in [1.165, 1.54) is 28.8 Å². The molecule has 32 heavy (non-hydrogen) atoms. The molecule has 1 fully saturated rings. The Labute approximate surface area is 189 Å². The fourth-order valence-corrected chi connectivity index (χ4v) is 5.06. The lowest BCUT2D eigenvalue weighted by Gasteiger charge is -2.32. The van der Waals surface area contributed by atoms with Gasteiger partial charge >= 0.3 is 6.18 Å². The Hall–Kier alpha value is -2.74. The molecule has 2 aliphatic heterocycles. The van der Waals surface area contributed by atoms with Crippen LogP contribution >= 0.6 is 11.8 Å². The summed E-state index contributed by atoms with van der Waals surface area (Å²) in [7, 11) is 0. The minimum absolute atomic E-state index is 0.0212. The van der Waals surface area contributed by atoms with Crippen molar-refractivity contribution in [2.24, 2.45) is 5.92 Å². The molecule has 2 aromatic rings. The molecule has 0 N–H and O–H groups in total. The van der Waals surface area contributed by atoms with E-state index in [1.807, 2.05) is 12.1 Å². The number of piperidine rings is 1. The van der Waals surface area contributed by atoms with Crippen molar-refractivity contribution >= 4 is 29.3 Å². The van der Waals surface area contributed by atoms with Crippen LogP contribution in [0.25, 0.3) is 0 Å². The Morgan fingerprint density at radius 1 is 1.19 bits per heavy atom. The number of anilines is 1. The van der Waals surface area contributed by atoms with Gasteiger partial charge in [-0.05, 0) is 48.6 Å². The first-order chi connectivity index (χ1) is 15.2. The van der Waals surface area contributed by atoms with Crippen LogP contribution in [0.4, 0.5) is 18.9 Å². The van der Waals surface area contributed by atoms with E-state index in [4.69, 9.17) is 0 Å². The van der Waals surface area contributed by atoms with Gasteiger partial charge in [0.05, 0.1) is 22.7 Å². The smallest absolute Gasteiger partial charge is 0.339 e. The van der Waals surface area contributed by atoms with Crippen LogP contribution in [0.2, 0.25) is 0 Å². The number of nitrogens with zero attached hydrogens (tertiary/aromatic N) is 2. The van der Waals surface area contributed by atoms with Gasteiger partial charge in [0.15, 0.2) is 0 Å². The highest BCUT2D eigenvalue weighted by atomic mass is 32.2. The van der Waals surface area contributed by atoms with Crippen LogP contribution in [0.1, 0.15) is 30.9 Å². The zero-order valence-electron chi connectivity index (χ0n) is 17.6. The maximum atomic E-state index is 13.3. The number of thioether (sulfide) groups is 1. The molecule has 1 atom stereocenters. The second kappa shape index (κ2) is 9.02. The van der Waals surface area contributed by atoms with Crippen LogP contribution in [0.3, 0.4) is 0 Å². The zero-order valence-corrected chi connectivity index (χ0v) is 18.4. The first-order valence-corrected chi connectivity index (χ1v) is 11.3. The number of likely N-dealkylation sites (tertiary alicyclic amines) is 1. The molecule has 4 rings (SSSR count). The van der Waals surface area contributed by atoms with Crippen LogP contribution in [0.5, 0.6) is 0 Å². The average Bonchev–Trinajstić information content (AvgIpc) is 2.76. The highest BCUT2D eigenvalue weighted by Crippen LogP contribution is 2.42. The van der Waals surface area contributed by atoms with E-state index in [0.29, 0.717) is 30.3 Å². The molecule has 8 heteroatoms. The number of fused-ring (bicyclic) bond motifs is 1. The van der Waals surface area contributed by atoms with E-state index in [-0.39, 0.29) is 23.3 Å². The van der Waals surface area contributed by atoms with E-state index in [0.717, 1.165) is 29.9 Å². The standard InChI is InChI=1S/C24H23F3N2O2S/c1-16-6-5-11-28(14-16)22(30)13-21-23(31)29(19-9-2-3-10-20(19)32-21)15-17-7-4-8-18(12-17)24(25,26)27/h2-4,7-10,12-13,16H,5-6,11,14-15H2,1H3/b21-13+/t16-/m1/s1. The number of benzene rings is 2. The predicted molar refractivity (Wildman–Crippen MR) is 118 cm³/mol. The Morgan fingerprint density at radius 3 is 2.72 bits per heavy atom. The van der Waals surface area contributed by atoms with Crippen molar-refractivity contribution < 1.29 is 22.8 Å². The van der Waals surface area contributed by atoms with Gasteiger partial charge in [0.1, 0.15) is 0 Å². The Kier molecular flexibility index (Phi) is 6.33. The molecular weight excluding hydrogens is 437 g/mol. The topological polar surface area (TPSA) is 40.6 Å². The monoisotopic (exact) mass is 460 g/mol. The van der Waals surface area contributed by atoms with Crippen molar-refractivity contribution in [3.05, 3.63) is 70.6 Å². The van der Waals surface area contributed by atoms with Crippen LogP contribution in [-0.2, 0) is 22.3 Å². The molecule has 0 aromatic heterocycles. The fraction of sp³-hybridized carbons (Fsp3) is 0.333. The third kappa shape index (κ3) is 4.85. The number of alkyl halides is 3. The summed E-state index contributed by atoms with van der Waals surface area (Å²) in [4.78, 5) is 30.4. The van der Waals surface area contributed by atoms with Gasteiger partial charge in [-0.25, -0.2) is 0 Å². The molecule has 0 saturated carbocycles. The van der Waals surface area contributed by atoms with Gasteiger partial charge in [-0.15, -0.1) is 0 Å². The van der Waals surface area contributed by atoms with Gasteiger partial charge in [-0.3, -0.25) is 9.59 Å². The van der Waals surface area contributed by atoms with Crippen molar-refractivity contribution in [1.82, 2.24) is 4.90 Å². The van der Waals surface area contributed by atoms with Crippen molar-refractivity contribution in [2.75, 3.05) is 18.0 Å². The molecule has 2 aliphatic rings. The van der Waals surface area contributed by atoms with Crippen LogP contribution < -0.4 is 4.90 Å². The molecule has 0 radical (unpaired) electrons. The summed E-state index contributed by atoms with van der Waals surface area (Å²) in [5.74, 6) is -0.172. The highest BCUT2D eigenvalue weighted by Gasteiger charge is 2.33. The molecule has 0 aliphatic carbocycles. The lowest BCUT2D eigenvalue weighted by atomic mass is 10.0. The molecule has 0 bridgehead atoms. The number of carbonyl (C=O) groups is 2. The lowest BCUT2D eigenvalue weighted by molar-refractivity contribution is -0.137. The van der Waals surface area contributed by atoms with Crippen LogP contribution in [0.15, 0.2) is 64.4 Å². The molecule has 2 amide bonds. The van der Waals surface area contributed by atoms with Crippen molar-refractivity contribution in [3.8, 4) is 0 Å². The highest BCUT2D eigenvalue weighted by molar-refractivity contribution is 8.04. The number of para-hydroxylation sites is 1. The predicted octanol–water partition coefficient (Wildman–Crippen LogP) is 5.49. The van der Waals surface area contributed by atoms with Crippen molar-refractivity contribution in [3.63, 3.8) is 0 Å². The summed E-state index contributed by atoms with van der Waals surface area (Å²) < 4.78 is 39.4. The minimum atomic E-state index is -4.46. The zero-order chi connectivity index (χ0) is 22.9. The Bertz CT molecular complexity index is 1070. The van der Waals surface area contributed by atoms with E-state index in [1.54, 1.807) is 23.1 Å². The fourth-order valence-electron chi connectivity index (χ4n) is 4.04. The first kappa shape index (κ1) is 22.5.